The Labute approximate surface area is 157 Å². The number of aromatic nitrogens is 1. The van der Waals surface area contributed by atoms with E-state index in [1.54, 1.807) is 12.1 Å². The highest BCUT2D eigenvalue weighted by Gasteiger charge is 2.43. The number of rotatable bonds is 9. The predicted molar refractivity (Wildman–Crippen MR) is 94.7 cm³/mol. The summed E-state index contributed by atoms with van der Waals surface area (Å²) in [4.78, 5) is 31.1. The van der Waals surface area contributed by atoms with Crippen molar-refractivity contribution in [1.29, 1.82) is 0 Å². The normalized spacial score (nSPS) is 11.6. The first-order valence-corrected chi connectivity index (χ1v) is 8.36. The van der Waals surface area contributed by atoms with Crippen LogP contribution in [0.15, 0.2) is 18.3 Å². The van der Waals surface area contributed by atoms with E-state index in [-0.39, 0.29) is 5.69 Å². The number of carbonyl (C=O) groups is 2. The van der Waals surface area contributed by atoms with Gasteiger partial charge in [0.25, 0.3) is 0 Å². The van der Waals surface area contributed by atoms with Gasteiger partial charge in [0, 0.05) is 39.9 Å². The lowest BCUT2D eigenvalue weighted by Crippen LogP contribution is -2.45. The summed E-state index contributed by atoms with van der Waals surface area (Å²) < 4.78 is 38.6. The lowest BCUT2D eigenvalue weighted by Gasteiger charge is -2.24. The molecule has 0 aliphatic heterocycles. The Kier molecular flexibility index (Phi) is 8.64. The van der Waals surface area contributed by atoms with Crippen LogP contribution in [0.5, 0.6) is 0 Å². The molecule has 2 amide bonds. The molecule has 1 aromatic rings. The van der Waals surface area contributed by atoms with Crippen molar-refractivity contribution in [3.8, 4) is 0 Å². The van der Waals surface area contributed by atoms with Crippen molar-refractivity contribution in [2.24, 2.45) is 0 Å². The average Bonchev–Trinajstić information content (AvgIpc) is 2.56. The first-order valence-electron chi connectivity index (χ1n) is 8.36. The Hall–Kier alpha value is -2.20. The van der Waals surface area contributed by atoms with Crippen LogP contribution in [-0.4, -0.2) is 85.5 Å². The first kappa shape index (κ1) is 22.8. The van der Waals surface area contributed by atoms with Crippen molar-refractivity contribution in [3.63, 3.8) is 0 Å². The second-order valence-corrected chi connectivity index (χ2v) is 6.58. The minimum atomic E-state index is -5.06. The monoisotopic (exact) mass is 389 g/mol. The van der Waals surface area contributed by atoms with Crippen LogP contribution in [0.1, 0.15) is 11.3 Å². The first-order chi connectivity index (χ1) is 12.5. The van der Waals surface area contributed by atoms with Crippen LogP contribution in [0.25, 0.3) is 0 Å². The summed E-state index contributed by atoms with van der Waals surface area (Å²) >= 11 is 0. The third-order valence-corrected chi connectivity index (χ3v) is 3.65. The molecule has 0 atom stereocenters. The number of nitrogens with one attached hydrogen (secondary N) is 1. The summed E-state index contributed by atoms with van der Waals surface area (Å²) in [6.07, 6.45) is -3.58. The highest BCUT2D eigenvalue weighted by atomic mass is 19.4. The minimum Gasteiger partial charge on any atom is -0.347 e. The number of likely N-dealkylation sites (N-methyl/N-ethyl adjacent to an activating group) is 2. The van der Waals surface area contributed by atoms with E-state index < -0.39 is 31.1 Å². The molecule has 0 radical (unpaired) electrons. The molecule has 0 unspecified atom stereocenters. The SMILES string of the molecule is CN(C)CCNCc1ccnc(CN(CC(=O)N(C)C)C(=O)C(F)(F)F)c1. The fourth-order valence-corrected chi connectivity index (χ4v) is 2.14. The third kappa shape index (κ3) is 8.35. The van der Waals surface area contributed by atoms with Crippen molar-refractivity contribution in [2.45, 2.75) is 19.3 Å². The Balaban J connectivity index is 2.83. The molecular formula is C17H26F3N5O2. The van der Waals surface area contributed by atoms with Gasteiger partial charge in [-0.3, -0.25) is 14.6 Å². The highest BCUT2D eigenvalue weighted by molar-refractivity contribution is 5.87. The molecule has 10 heteroatoms. The van der Waals surface area contributed by atoms with Gasteiger partial charge in [0.15, 0.2) is 0 Å². The number of carbonyl (C=O) groups excluding carboxylic acids is 2. The zero-order valence-corrected chi connectivity index (χ0v) is 16.0. The minimum absolute atomic E-state index is 0.283. The number of pyridine rings is 1. The van der Waals surface area contributed by atoms with Gasteiger partial charge in [-0.2, -0.15) is 13.2 Å². The molecule has 1 N–H and O–H groups in total. The second-order valence-electron chi connectivity index (χ2n) is 6.58. The van der Waals surface area contributed by atoms with E-state index in [9.17, 15) is 22.8 Å². The molecule has 0 aromatic carbocycles. The Morgan fingerprint density at radius 2 is 1.85 bits per heavy atom. The average molecular weight is 389 g/mol. The molecule has 0 aliphatic carbocycles. The van der Waals surface area contributed by atoms with Crippen molar-refractivity contribution in [2.75, 3.05) is 47.8 Å². The van der Waals surface area contributed by atoms with Gasteiger partial charge in [0.05, 0.1) is 12.2 Å². The number of alkyl halides is 3. The van der Waals surface area contributed by atoms with E-state index in [2.05, 4.69) is 10.3 Å². The number of hydrogen-bond donors (Lipinski definition) is 1. The maximum Gasteiger partial charge on any atom is 0.471 e. The van der Waals surface area contributed by atoms with Gasteiger partial charge in [-0.25, -0.2) is 0 Å². The maximum atomic E-state index is 12.9. The van der Waals surface area contributed by atoms with Gasteiger partial charge in [-0.15, -0.1) is 0 Å². The fraction of sp³-hybridized carbons (Fsp3) is 0.588. The Morgan fingerprint density at radius 1 is 1.19 bits per heavy atom. The van der Waals surface area contributed by atoms with Crippen LogP contribution in [0.4, 0.5) is 13.2 Å². The molecule has 0 aliphatic rings. The summed E-state index contributed by atoms with van der Waals surface area (Å²) in [5, 5.41) is 3.22. The molecule has 0 spiro atoms. The van der Waals surface area contributed by atoms with Gasteiger partial charge in [-0.05, 0) is 31.8 Å². The standard InChI is InChI=1S/C17H26F3N5O2/c1-23(2)8-7-21-10-13-5-6-22-14(9-13)11-25(12-15(26)24(3)4)16(27)17(18,19)20/h5-6,9,21H,7-8,10-12H2,1-4H3. The van der Waals surface area contributed by atoms with Gasteiger partial charge >= 0.3 is 12.1 Å². The van der Waals surface area contributed by atoms with E-state index in [1.807, 2.05) is 19.0 Å². The molecule has 27 heavy (non-hydrogen) atoms. The molecule has 0 bridgehead atoms. The van der Waals surface area contributed by atoms with E-state index >= 15 is 0 Å². The smallest absolute Gasteiger partial charge is 0.347 e. The molecule has 1 aromatic heterocycles. The predicted octanol–water partition coefficient (Wildman–Crippen LogP) is 0.712. The highest BCUT2D eigenvalue weighted by Crippen LogP contribution is 2.20. The van der Waals surface area contributed by atoms with Crippen LogP contribution < -0.4 is 5.32 Å². The zero-order chi connectivity index (χ0) is 20.6. The Bertz CT molecular complexity index is 635. The van der Waals surface area contributed by atoms with Gasteiger partial charge in [0.1, 0.15) is 6.54 Å². The zero-order valence-electron chi connectivity index (χ0n) is 16.0. The van der Waals surface area contributed by atoms with E-state index in [4.69, 9.17) is 0 Å². The summed E-state index contributed by atoms with van der Waals surface area (Å²) in [6, 6.07) is 3.37. The fourth-order valence-electron chi connectivity index (χ4n) is 2.14. The number of halogens is 3. The number of amides is 2. The third-order valence-electron chi connectivity index (χ3n) is 3.65. The lowest BCUT2D eigenvalue weighted by molar-refractivity contribution is -0.186. The molecule has 7 nitrogen and oxygen atoms in total. The topological polar surface area (TPSA) is 68.8 Å². The molecule has 0 saturated carbocycles. The van der Waals surface area contributed by atoms with Crippen molar-refractivity contribution < 1.29 is 22.8 Å². The van der Waals surface area contributed by atoms with E-state index in [0.717, 1.165) is 23.6 Å². The summed E-state index contributed by atoms with van der Waals surface area (Å²) in [7, 11) is 6.73. The van der Waals surface area contributed by atoms with Gasteiger partial charge in [-0.1, -0.05) is 0 Å². The largest absolute Gasteiger partial charge is 0.471 e. The van der Waals surface area contributed by atoms with E-state index in [0.29, 0.717) is 11.4 Å². The van der Waals surface area contributed by atoms with Crippen LogP contribution in [0.2, 0.25) is 0 Å². The molecule has 0 fully saturated rings. The van der Waals surface area contributed by atoms with Gasteiger partial charge in [0.2, 0.25) is 5.91 Å². The van der Waals surface area contributed by atoms with Crippen molar-refractivity contribution in [3.05, 3.63) is 29.6 Å². The molecular weight excluding hydrogens is 363 g/mol. The molecule has 152 valence electrons. The number of nitrogens with zero attached hydrogens (tertiary/aromatic N) is 4. The summed E-state index contributed by atoms with van der Waals surface area (Å²) in [6.45, 7) is 1.05. The maximum absolute atomic E-state index is 12.9. The van der Waals surface area contributed by atoms with E-state index in [1.165, 1.54) is 20.3 Å². The van der Waals surface area contributed by atoms with Crippen molar-refractivity contribution in [1.82, 2.24) is 25.0 Å². The van der Waals surface area contributed by atoms with Gasteiger partial charge < -0.3 is 20.0 Å². The van der Waals surface area contributed by atoms with Crippen molar-refractivity contribution >= 4 is 11.8 Å². The Morgan fingerprint density at radius 3 is 2.41 bits per heavy atom. The van der Waals surface area contributed by atoms with Crippen LogP contribution in [0, 0.1) is 0 Å². The molecule has 0 saturated heterocycles. The summed E-state index contributed by atoms with van der Waals surface area (Å²) in [5.41, 5.74) is 1.11. The molecule has 1 rings (SSSR count). The van der Waals surface area contributed by atoms with Crippen LogP contribution in [-0.2, 0) is 22.7 Å². The lowest BCUT2D eigenvalue weighted by atomic mass is 10.2. The second kappa shape index (κ2) is 10.2. The molecule has 1 heterocycles. The quantitative estimate of drug-likeness (QED) is 0.630. The number of hydrogen-bond acceptors (Lipinski definition) is 5. The summed E-state index contributed by atoms with van der Waals surface area (Å²) in [5.74, 6) is -2.66. The van der Waals surface area contributed by atoms with Crippen LogP contribution >= 0.6 is 0 Å². The van der Waals surface area contributed by atoms with Crippen LogP contribution in [0.3, 0.4) is 0 Å².